The van der Waals surface area contributed by atoms with Gasteiger partial charge in [-0.3, -0.25) is 4.79 Å². The molecule has 2 heterocycles. The molecule has 1 aromatic carbocycles. The monoisotopic (exact) mass is 431 g/mol. The molecule has 1 N–H and O–H groups in total. The number of aromatic nitrogens is 2. The normalized spacial score (nSPS) is 11.1. The summed E-state index contributed by atoms with van der Waals surface area (Å²) < 4.78 is 29.8. The van der Waals surface area contributed by atoms with Gasteiger partial charge in [-0.1, -0.05) is 5.16 Å². The van der Waals surface area contributed by atoms with Crippen molar-refractivity contribution in [3.63, 3.8) is 0 Å². The van der Waals surface area contributed by atoms with Crippen molar-refractivity contribution in [1.29, 1.82) is 5.26 Å². The lowest BCUT2D eigenvalue weighted by atomic mass is 10.2. The molecule has 0 aliphatic rings. The zero-order valence-corrected chi connectivity index (χ0v) is 17.5. The van der Waals surface area contributed by atoms with Crippen LogP contribution >= 0.6 is 11.3 Å². The number of aryl methyl sites for hydroxylation is 2. The average molecular weight is 431 g/mol. The standard InChI is InChI=1S/C18H17N5O4S2/c1-11-8-14(21-27-11)10-23(15-6-4-13(9-19)5-7-15)18-20-16(12(2)28-18)17(24)22-29(3,25)26/h4-8H,10H2,1-3H3,(H,22,24). The molecule has 11 heteroatoms. The predicted octanol–water partition coefficient (Wildman–Crippen LogP) is 2.65. The Balaban J connectivity index is 2.00. The fourth-order valence-corrected chi connectivity index (χ4v) is 3.92. The third-order valence-corrected chi connectivity index (χ3v) is 5.36. The highest BCUT2D eigenvalue weighted by atomic mass is 32.2. The summed E-state index contributed by atoms with van der Waals surface area (Å²) in [4.78, 5) is 19.0. The van der Waals surface area contributed by atoms with Gasteiger partial charge in [0.05, 0.1) is 24.4 Å². The van der Waals surface area contributed by atoms with Crippen LogP contribution in [0.3, 0.4) is 0 Å². The maximum Gasteiger partial charge on any atom is 0.284 e. The highest BCUT2D eigenvalue weighted by Gasteiger charge is 2.23. The van der Waals surface area contributed by atoms with E-state index in [2.05, 4.69) is 16.2 Å². The van der Waals surface area contributed by atoms with Crippen molar-refractivity contribution in [3.8, 4) is 6.07 Å². The Kier molecular flexibility index (Phi) is 5.67. The van der Waals surface area contributed by atoms with E-state index in [1.54, 1.807) is 44.2 Å². The number of thiazole rings is 1. The number of benzene rings is 1. The maximum absolute atomic E-state index is 12.3. The van der Waals surface area contributed by atoms with Crippen LogP contribution in [0.25, 0.3) is 0 Å². The van der Waals surface area contributed by atoms with Gasteiger partial charge in [0, 0.05) is 16.6 Å². The van der Waals surface area contributed by atoms with Gasteiger partial charge in [-0.15, -0.1) is 11.3 Å². The summed E-state index contributed by atoms with van der Waals surface area (Å²) in [5.41, 5.74) is 1.93. The first-order chi connectivity index (χ1) is 13.7. The minimum atomic E-state index is -3.71. The van der Waals surface area contributed by atoms with Crippen molar-refractivity contribution < 1.29 is 17.7 Å². The number of nitrogens with one attached hydrogen (secondary N) is 1. The van der Waals surface area contributed by atoms with E-state index in [-0.39, 0.29) is 5.69 Å². The van der Waals surface area contributed by atoms with Gasteiger partial charge < -0.3 is 9.42 Å². The molecule has 150 valence electrons. The van der Waals surface area contributed by atoms with Crippen molar-refractivity contribution in [2.45, 2.75) is 20.4 Å². The van der Waals surface area contributed by atoms with E-state index < -0.39 is 15.9 Å². The molecule has 0 radical (unpaired) electrons. The minimum absolute atomic E-state index is 0.0328. The second-order valence-electron chi connectivity index (χ2n) is 6.28. The van der Waals surface area contributed by atoms with Crippen LogP contribution in [-0.4, -0.2) is 30.7 Å². The molecule has 0 saturated carbocycles. The van der Waals surface area contributed by atoms with Crippen molar-refractivity contribution in [3.05, 3.63) is 57.9 Å². The van der Waals surface area contributed by atoms with Gasteiger partial charge in [0.15, 0.2) is 5.13 Å². The first-order valence-corrected chi connectivity index (χ1v) is 11.1. The van der Waals surface area contributed by atoms with Crippen LogP contribution in [0.1, 0.15) is 32.4 Å². The summed E-state index contributed by atoms with van der Waals surface area (Å²) in [6, 6.07) is 10.7. The SMILES string of the molecule is Cc1cc(CN(c2ccc(C#N)cc2)c2nc(C(=O)NS(C)(=O)=O)c(C)s2)no1. The highest BCUT2D eigenvalue weighted by Crippen LogP contribution is 2.33. The number of carbonyl (C=O) groups excluding carboxylic acids is 1. The first-order valence-electron chi connectivity index (χ1n) is 8.35. The number of rotatable bonds is 6. The van der Waals surface area contributed by atoms with Crippen molar-refractivity contribution in [2.75, 3.05) is 11.2 Å². The molecule has 3 aromatic rings. The Bertz CT molecular complexity index is 1190. The van der Waals surface area contributed by atoms with E-state index in [0.717, 1.165) is 11.9 Å². The molecule has 0 atom stereocenters. The van der Waals surface area contributed by atoms with Crippen molar-refractivity contribution in [2.24, 2.45) is 0 Å². The Morgan fingerprint density at radius 1 is 1.31 bits per heavy atom. The van der Waals surface area contributed by atoms with E-state index in [0.29, 0.717) is 33.6 Å². The van der Waals surface area contributed by atoms with E-state index in [1.165, 1.54) is 11.3 Å². The van der Waals surface area contributed by atoms with Gasteiger partial charge in [0.2, 0.25) is 10.0 Å². The molecule has 29 heavy (non-hydrogen) atoms. The molecular weight excluding hydrogens is 414 g/mol. The maximum atomic E-state index is 12.3. The summed E-state index contributed by atoms with van der Waals surface area (Å²) >= 11 is 1.24. The third-order valence-electron chi connectivity index (χ3n) is 3.81. The Morgan fingerprint density at radius 3 is 2.55 bits per heavy atom. The number of carbonyl (C=O) groups is 1. The van der Waals surface area contributed by atoms with Crippen LogP contribution in [0, 0.1) is 25.2 Å². The fourth-order valence-electron chi connectivity index (χ4n) is 2.57. The lowest BCUT2D eigenvalue weighted by molar-refractivity contribution is 0.0977. The van der Waals surface area contributed by atoms with Crippen molar-refractivity contribution >= 4 is 38.1 Å². The van der Waals surface area contributed by atoms with Gasteiger partial charge in [-0.2, -0.15) is 5.26 Å². The second kappa shape index (κ2) is 8.02. The van der Waals surface area contributed by atoms with Crippen molar-refractivity contribution in [1.82, 2.24) is 14.9 Å². The molecule has 0 bridgehead atoms. The van der Waals surface area contributed by atoms with E-state index >= 15 is 0 Å². The highest BCUT2D eigenvalue weighted by molar-refractivity contribution is 7.89. The zero-order valence-electron chi connectivity index (χ0n) is 15.8. The average Bonchev–Trinajstić information content (AvgIpc) is 3.24. The van der Waals surface area contributed by atoms with Crippen LogP contribution in [0.2, 0.25) is 0 Å². The number of sulfonamides is 1. The topological polar surface area (TPSA) is 129 Å². The predicted molar refractivity (Wildman–Crippen MR) is 107 cm³/mol. The van der Waals surface area contributed by atoms with Gasteiger partial charge in [-0.05, 0) is 38.1 Å². The molecule has 0 saturated heterocycles. The molecule has 3 rings (SSSR count). The lowest BCUT2D eigenvalue weighted by Crippen LogP contribution is -2.30. The number of nitriles is 1. The second-order valence-corrected chi connectivity index (χ2v) is 9.21. The molecule has 9 nitrogen and oxygen atoms in total. The number of amides is 1. The van der Waals surface area contributed by atoms with Gasteiger partial charge in [-0.25, -0.2) is 18.1 Å². The summed E-state index contributed by atoms with van der Waals surface area (Å²) in [5.74, 6) is -0.132. The van der Waals surface area contributed by atoms with Crippen LogP contribution in [0.5, 0.6) is 0 Å². The van der Waals surface area contributed by atoms with E-state index in [9.17, 15) is 13.2 Å². The summed E-state index contributed by atoms with van der Waals surface area (Å²) in [7, 11) is -3.71. The van der Waals surface area contributed by atoms with Gasteiger partial charge >= 0.3 is 0 Å². The number of hydrogen-bond acceptors (Lipinski definition) is 9. The summed E-state index contributed by atoms with van der Waals surface area (Å²) in [6.07, 6.45) is 0.906. The largest absolute Gasteiger partial charge is 0.361 e. The fraction of sp³-hybridized carbons (Fsp3) is 0.222. The number of nitrogens with zero attached hydrogens (tertiary/aromatic N) is 4. The molecule has 0 fully saturated rings. The van der Waals surface area contributed by atoms with Gasteiger partial charge in [0.25, 0.3) is 5.91 Å². The minimum Gasteiger partial charge on any atom is -0.361 e. The Morgan fingerprint density at radius 2 is 2.00 bits per heavy atom. The molecule has 0 aliphatic carbocycles. The van der Waals surface area contributed by atoms with Crippen LogP contribution in [-0.2, 0) is 16.6 Å². The van der Waals surface area contributed by atoms with Gasteiger partial charge in [0.1, 0.15) is 17.1 Å². The smallest absolute Gasteiger partial charge is 0.284 e. The molecule has 2 aromatic heterocycles. The Labute approximate surface area is 171 Å². The van der Waals surface area contributed by atoms with E-state index in [1.807, 2.05) is 9.62 Å². The molecule has 0 aliphatic heterocycles. The van der Waals surface area contributed by atoms with Crippen LogP contribution in [0.4, 0.5) is 10.8 Å². The molecular formula is C18H17N5O4S2. The molecule has 1 amide bonds. The summed E-state index contributed by atoms with van der Waals surface area (Å²) in [5, 5.41) is 13.5. The molecule has 0 spiro atoms. The number of anilines is 2. The number of hydrogen-bond donors (Lipinski definition) is 1. The third kappa shape index (κ3) is 4.98. The lowest BCUT2D eigenvalue weighted by Gasteiger charge is -2.20. The van der Waals surface area contributed by atoms with Crippen LogP contribution < -0.4 is 9.62 Å². The van der Waals surface area contributed by atoms with E-state index in [4.69, 9.17) is 9.78 Å². The molecule has 0 unspecified atom stereocenters. The first kappa shape index (κ1) is 20.5. The van der Waals surface area contributed by atoms with Crippen LogP contribution in [0.15, 0.2) is 34.9 Å². The zero-order chi connectivity index (χ0) is 21.2. The quantitative estimate of drug-likeness (QED) is 0.630. The Hall–Kier alpha value is -3.23. The summed E-state index contributed by atoms with van der Waals surface area (Å²) in [6.45, 7) is 3.78.